The van der Waals surface area contributed by atoms with Crippen molar-refractivity contribution in [2.75, 3.05) is 0 Å². The van der Waals surface area contributed by atoms with Crippen molar-refractivity contribution in [3.63, 3.8) is 0 Å². The molecule has 7 rings (SSSR count). The third kappa shape index (κ3) is 2.40. The second kappa shape index (κ2) is 6.34. The van der Waals surface area contributed by atoms with Gasteiger partial charge in [-0.2, -0.15) is 0 Å². The van der Waals surface area contributed by atoms with Gasteiger partial charge in [0.05, 0.1) is 9.39 Å². The van der Waals surface area contributed by atoms with Crippen LogP contribution < -0.4 is 9.47 Å². The number of fused-ring (bicyclic) bond motifs is 1. The van der Waals surface area contributed by atoms with E-state index in [-0.39, 0.29) is 0 Å². The second-order valence-corrected chi connectivity index (χ2v) is 7.99. The molecule has 4 bridgehead atoms. The summed E-state index contributed by atoms with van der Waals surface area (Å²) in [5.74, 6) is 1.38. The number of ether oxygens (including phenoxy) is 2. The average molecular weight is 418 g/mol. The Balaban J connectivity index is 1.61. The number of azo groups is 4. The van der Waals surface area contributed by atoms with E-state index in [0.29, 0.717) is 11.5 Å². The first-order valence-corrected chi connectivity index (χ1v) is 10.6. The van der Waals surface area contributed by atoms with E-state index in [0.717, 1.165) is 40.3 Å². The van der Waals surface area contributed by atoms with E-state index in [2.05, 4.69) is 18.2 Å². The van der Waals surface area contributed by atoms with Crippen LogP contribution in [0.5, 0.6) is 11.5 Å². The maximum Gasteiger partial charge on any atom is 0.762 e. The summed E-state index contributed by atoms with van der Waals surface area (Å²) in [5, 5.41) is 10.0. The standard InChI is InChI=1S/C26H18N4O2/c1-3-9-20(10-4-1)29-26-30(21-11-5-2-6-12-21)28-23-13-7-8-19(25(23)32-26)16-18-14-15-22(27-29)24(17-18)31-26/h1-15,17H,16H2/q+2/t26-/m0/s1. The van der Waals surface area contributed by atoms with Crippen LogP contribution in [-0.4, -0.2) is 15.4 Å². The Morgan fingerprint density at radius 3 is 2.06 bits per heavy atom. The lowest BCUT2D eigenvalue weighted by molar-refractivity contribution is -0.902. The van der Waals surface area contributed by atoms with Crippen LogP contribution in [0.1, 0.15) is 11.1 Å². The quantitative estimate of drug-likeness (QED) is 0.347. The van der Waals surface area contributed by atoms with Crippen molar-refractivity contribution in [2.45, 2.75) is 12.5 Å². The monoisotopic (exact) mass is 418 g/mol. The fourth-order valence-corrected chi connectivity index (χ4v) is 4.44. The Morgan fingerprint density at radius 2 is 1.34 bits per heavy atom. The molecule has 0 aliphatic carbocycles. The Labute approximate surface area is 184 Å². The zero-order valence-corrected chi connectivity index (χ0v) is 17.1. The predicted molar refractivity (Wildman–Crippen MR) is 117 cm³/mol. The van der Waals surface area contributed by atoms with Gasteiger partial charge in [0.2, 0.25) is 11.4 Å². The van der Waals surface area contributed by atoms with Crippen LogP contribution in [0.3, 0.4) is 0 Å². The number of hydrogen-bond donors (Lipinski definition) is 0. The van der Waals surface area contributed by atoms with Gasteiger partial charge in [-0.1, -0.05) is 54.6 Å². The molecule has 1 spiro atoms. The number of nitrogens with zero attached hydrogens (tertiary/aromatic N) is 4. The molecule has 4 aromatic rings. The highest BCUT2D eigenvalue weighted by Gasteiger charge is 2.71. The summed E-state index contributed by atoms with van der Waals surface area (Å²) in [4.78, 5) is 0. The topological polar surface area (TPSA) is 49.2 Å². The van der Waals surface area contributed by atoms with Crippen molar-refractivity contribution in [3.8, 4) is 11.5 Å². The minimum absolute atomic E-state index is 0.669. The number of benzene rings is 4. The minimum atomic E-state index is -1.46. The number of para-hydroxylation sites is 3. The smallest absolute Gasteiger partial charge is 0.334 e. The molecule has 0 amide bonds. The van der Waals surface area contributed by atoms with E-state index in [1.54, 1.807) is 9.39 Å². The van der Waals surface area contributed by atoms with E-state index < -0.39 is 6.03 Å². The van der Waals surface area contributed by atoms with Gasteiger partial charge in [0.15, 0.2) is 22.9 Å². The van der Waals surface area contributed by atoms with E-state index in [1.807, 2.05) is 78.9 Å². The van der Waals surface area contributed by atoms with E-state index in [4.69, 9.17) is 19.7 Å². The van der Waals surface area contributed by atoms with Gasteiger partial charge in [0, 0.05) is 46.5 Å². The Hall–Kier alpha value is -4.32. The van der Waals surface area contributed by atoms with Crippen LogP contribution in [-0.2, 0) is 6.42 Å². The molecule has 0 radical (unpaired) electrons. The van der Waals surface area contributed by atoms with E-state index >= 15 is 0 Å². The van der Waals surface area contributed by atoms with E-state index in [1.165, 1.54) is 0 Å². The first-order valence-electron chi connectivity index (χ1n) is 10.6. The highest BCUT2D eigenvalue weighted by Crippen LogP contribution is 2.49. The molecular formula is C26H18N4O2+2. The SMILES string of the molecule is c1ccc([N+]2=Nc3ccc4cc3O[C@]23Oc2c(cccc2N=[N+]3c2ccccc2)C4)cc1. The summed E-state index contributed by atoms with van der Waals surface area (Å²) in [6.45, 7) is 0. The highest BCUT2D eigenvalue weighted by atomic mass is 16.8. The summed E-state index contributed by atoms with van der Waals surface area (Å²) >= 11 is 0. The Kier molecular flexibility index (Phi) is 3.44. The molecule has 3 aliphatic heterocycles. The van der Waals surface area contributed by atoms with Gasteiger partial charge in [-0.05, 0) is 23.8 Å². The first kappa shape index (κ1) is 17.4. The van der Waals surface area contributed by atoms with Crippen LogP contribution in [0.15, 0.2) is 107 Å². The molecule has 0 saturated carbocycles. The predicted octanol–water partition coefficient (Wildman–Crippen LogP) is 6.54. The van der Waals surface area contributed by atoms with Gasteiger partial charge in [-0.25, -0.2) is 0 Å². The van der Waals surface area contributed by atoms with Gasteiger partial charge in [0.25, 0.3) is 0 Å². The van der Waals surface area contributed by atoms with Gasteiger partial charge < -0.3 is 9.47 Å². The molecule has 0 unspecified atom stereocenters. The maximum atomic E-state index is 6.80. The molecule has 0 saturated heterocycles. The lowest BCUT2D eigenvalue weighted by Crippen LogP contribution is -2.59. The first-order chi connectivity index (χ1) is 15.8. The van der Waals surface area contributed by atoms with Crippen LogP contribution in [0.25, 0.3) is 0 Å². The molecule has 152 valence electrons. The summed E-state index contributed by atoms with van der Waals surface area (Å²) in [6.07, 6.45) is 0.724. The summed E-state index contributed by atoms with van der Waals surface area (Å²) in [7, 11) is 0. The molecule has 0 N–H and O–H groups in total. The van der Waals surface area contributed by atoms with Crippen molar-refractivity contribution >= 4 is 22.7 Å². The zero-order chi connectivity index (χ0) is 21.1. The van der Waals surface area contributed by atoms with Gasteiger partial charge >= 0.3 is 6.03 Å². The maximum absolute atomic E-state index is 6.80. The van der Waals surface area contributed by atoms with Crippen LogP contribution >= 0.6 is 0 Å². The lowest BCUT2D eigenvalue weighted by Gasteiger charge is -2.27. The average Bonchev–Trinajstić information content (AvgIpc) is 2.86. The second-order valence-electron chi connectivity index (χ2n) is 7.99. The van der Waals surface area contributed by atoms with Gasteiger partial charge in [0.1, 0.15) is 0 Å². The van der Waals surface area contributed by atoms with Crippen LogP contribution in [0, 0.1) is 0 Å². The minimum Gasteiger partial charge on any atom is -0.334 e. The fraction of sp³-hybridized carbons (Fsp3) is 0.0769. The normalized spacial score (nSPS) is 19.5. The van der Waals surface area contributed by atoms with Crippen molar-refractivity contribution < 1.29 is 18.9 Å². The molecule has 32 heavy (non-hydrogen) atoms. The molecule has 1 atom stereocenters. The summed E-state index contributed by atoms with van der Waals surface area (Å²) in [5.41, 5.74) is 5.36. The van der Waals surface area contributed by atoms with Gasteiger partial charge in [-0.3, -0.25) is 0 Å². The summed E-state index contributed by atoms with van der Waals surface area (Å²) in [6, 6.07) is 30.5. The van der Waals surface area contributed by atoms with Crippen molar-refractivity contribution in [1.29, 1.82) is 0 Å². The third-order valence-electron chi connectivity index (χ3n) is 5.92. The molecule has 3 aliphatic rings. The molecule has 4 aromatic carbocycles. The van der Waals surface area contributed by atoms with Crippen LogP contribution in [0.4, 0.5) is 22.7 Å². The number of rotatable bonds is 2. The largest absolute Gasteiger partial charge is 0.762 e. The lowest BCUT2D eigenvalue weighted by atomic mass is 10.0. The molecule has 6 heteroatoms. The third-order valence-corrected chi connectivity index (χ3v) is 5.92. The molecule has 0 aromatic heterocycles. The molecule has 0 fully saturated rings. The Bertz CT molecular complexity index is 1450. The molecular weight excluding hydrogens is 400 g/mol. The van der Waals surface area contributed by atoms with Gasteiger partial charge in [-0.15, -0.1) is 0 Å². The van der Waals surface area contributed by atoms with Crippen LogP contribution in [0.2, 0.25) is 0 Å². The summed E-state index contributed by atoms with van der Waals surface area (Å²) < 4.78 is 17.1. The highest BCUT2D eigenvalue weighted by molar-refractivity contribution is 5.60. The van der Waals surface area contributed by atoms with E-state index in [9.17, 15) is 0 Å². The zero-order valence-electron chi connectivity index (χ0n) is 17.1. The molecule has 3 heterocycles. The van der Waals surface area contributed by atoms with Crippen molar-refractivity contribution in [2.24, 2.45) is 10.2 Å². The van der Waals surface area contributed by atoms with Crippen molar-refractivity contribution in [3.05, 3.63) is 108 Å². The Morgan fingerprint density at radius 1 is 0.656 bits per heavy atom. The number of hydrogen-bond acceptors (Lipinski definition) is 4. The van der Waals surface area contributed by atoms with Crippen molar-refractivity contribution in [1.82, 2.24) is 0 Å². The fourth-order valence-electron chi connectivity index (χ4n) is 4.44. The molecule has 6 nitrogen and oxygen atoms in total.